The molecule has 0 saturated heterocycles. The summed E-state index contributed by atoms with van der Waals surface area (Å²) in [6, 6.07) is 12.8. The molecule has 0 aromatic heterocycles. The Morgan fingerprint density at radius 1 is 1.12 bits per heavy atom. The molecule has 2 aromatic carbocycles. The Balaban J connectivity index is 2.15. The maximum atomic E-state index is 12.9. The number of alkyl halides is 3. The van der Waals surface area contributed by atoms with Crippen LogP contribution in [0.15, 0.2) is 54.6 Å². The van der Waals surface area contributed by atoms with Crippen LogP contribution in [0.25, 0.3) is 6.08 Å². The summed E-state index contributed by atoms with van der Waals surface area (Å²) >= 11 is 0. The zero-order chi connectivity index (χ0) is 17.6. The Morgan fingerprint density at radius 2 is 1.79 bits per heavy atom. The van der Waals surface area contributed by atoms with Crippen LogP contribution in [0.5, 0.6) is 5.75 Å². The molecule has 0 amide bonds. The molecule has 0 radical (unpaired) electrons. The Labute approximate surface area is 136 Å². The van der Waals surface area contributed by atoms with Crippen LogP contribution in [-0.2, 0) is 6.18 Å². The van der Waals surface area contributed by atoms with Crippen LogP contribution in [0.4, 0.5) is 13.2 Å². The average molecular weight is 331 g/mol. The van der Waals surface area contributed by atoms with Gasteiger partial charge >= 0.3 is 6.18 Å². The van der Waals surface area contributed by atoms with Gasteiger partial charge in [0.05, 0.1) is 5.56 Å². The molecule has 0 atom stereocenters. The van der Waals surface area contributed by atoms with Gasteiger partial charge in [-0.05, 0) is 42.0 Å². The Hall–Kier alpha value is -3.07. The second-order valence-corrected chi connectivity index (χ2v) is 4.75. The molecule has 0 bridgehead atoms. The lowest BCUT2D eigenvalue weighted by Crippen LogP contribution is -2.07. The molecule has 2 rings (SSSR count). The molecule has 0 aliphatic carbocycles. The third-order valence-corrected chi connectivity index (χ3v) is 3.12. The van der Waals surface area contributed by atoms with Gasteiger partial charge in [-0.1, -0.05) is 24.3 Å². The van der Waals surface area contributed by atoms with Crippen molar-refractivity contribution in [3.63, 3.8) is 0 Å². The summed E-state index contributed by atoms with van der Waals surface area (Å²) in [7, 11) is 0. The second-order valence-electron chi connectivity index (χ2n) is 4.75. The Bertz CT molecular complexity index is 787. The fourth-order valence-corrected chi connectivity index (χ4v) is 1.99. The van der Waals surface area contributed by atoms with Crippen LogP contribution in [0.2, 0.25) is 0 Å². The number of hydrogen-bond donors (Lipinski definition) is 0. The average Bonchev–Trinajstić information content (AvgIpc) is 2.57. The number of carbonyl (C=O) groups excluding carboxylic acids is 1. The van der Waals surface area contributed by atoms with E-state index in [-0.39, 0.29) is 12.2 Å². The zero-order valence-electron chi connectivity index (χ0n) is 12.4. The Morgan fingerprint density at radius 3 is 2.42 bits per heavy atom. The smallest absolute Gasteiger partial charge is 0.416 e. The topological polar surface area (TPSA) is 50.1 Å². The molecule has 0 N–H and O–H groups in total. The summed E-state index contributed by atoms with van der Waals surface area (Å²) in [5, 5.41) is 8.41. The van der Waals surface area contributed by atoms with Gasteiger partial charge < -0.3 is 4.74 Å². The maximum absolute atomic E-state index is 12.9. The first-order chi connectivity index (χ1) is 11.4. The van der Waals surface area contributed by atoms with E-state index in [1.807, 2.05) is 6.07 Å². The molecule has 3 nitrogen and oxygen atoms in total. The van der Waals surface area contributed by atoms with Crippen LogP contribution < -0.4 is 4.74 Å². The summed E-state index contributed by atoms with van der Waals surface area (Å²) < 4.78 is 43.7. The number of carbonyl (C=O) groups is 1. The molecule has 0 spiro atoms. The van der Waals surface area contributed by atoms with Crippen LogP contribution >= 0.6 is 0 Å². The van der Waals surface area contributed by atoms with E-state index in [2.05, 4.69) is 0 Å². The fourth-order valence-electron chi connectivity index (χ4n) is 1.99. The molecular weight excluding hydrogens is 319 g/mol. The number of rotatable bonds is 5. The quantitative estimate of drug-likeness (QED) is 0.598. The van der Waals surface area contributed by atoms with Crippen molar-refractivity contribution in [2.45, 2.75) is 6.18 Å². The lowest BCUT2D eigenvalue weighted by Gasteiger charge is -2.09. The van der Waals surface area contributed by atoms with Gasteiger partial charge in [0.15, 0.2) is 12.4 Å². The number of allylic oxidation sites excluding steroid dienone is 1. The van der Waals surface area contributed by atoms with Crippen molar-refractivity contribution < 1.29 is 22.7 Å². The third-order valence-electron chi connectivity index (χ3n) is 3.12. The first-order valence-corrected chi connectivity index (χ1v) is 6.90. The minimum Gasteiger partial charge on any atom is -0.479 e. The van der Waals surface area contributed by atoms with Crippen LogP contribution in [0, 0.1) is 11.3 Å². The van der Waals surface area contributed by atoms with Gasteiger partial charge in [0.25, 0.3) is 0 Å². The fraction of sp³-hybridized carbons (Fsp3) is 0.111. The van der Waals surface area contributed by atoms with Crippen LogP contribution in [-0.4, -0.2) is 12.4 Å². The van der Waals surface area contributed by atoms with Crippen molar-refractivity contribution in [1.82, 2.24) is 0 Å². The molecule has 0 aliphatic heterocycles. The predicted molar refractivity (Wildman–Crippen MR) is 82.4 cm³/mol. The third kappa shape index (κ3) is 4.46. The molecule has 0 aliphatic rings. The maximum Gasteiger partial charge on any atom is 0.416 e. The minimum atomic E-state index is -4.48. The van der Waals surface area contributed by atoms with E-state index < -0.39 is 17.5 Å². The van der Waals surface area contributed by atoms with Gasteiger partial charge in [-0.3, -0.25) is 4.79 Å². The molecule has 0 fully saturated rings. The highest BCUT2D eigenvalue weighted by molar-refractivity contribution is 6.06. The number of halogens is 3. The van der Waals surface area contributed by atoms with Gasteiger partial charge in [0.1, 0.15) is 11.8 Å². The number of nitrogens with zero attached hydrogens (tertiary/aromatic N) is 1. The van der Waals surface area contributed by atoms with Crippen molar-refractivity contribution in [3.05, 3.63) is 71.3 Å². The largest absolute Gasteiger partial charge is 0.479 e. The molecule has 24 heavy (non-hydrogen) atoms. The van der Waals surface area contributed by atoms with E-state index in [9.17, 15) is 18.0 Å². The standard InChI is InChI=1S/C18H12F3NO2/c19-18(20,21)16-4-2-1-3-13(16)7-10-17(23)14-5-8-15(9-6-14)24-12-11-22/h1-10H,12H2. The SMILES string of the molecule is N#CCOc1ccc(C(=O)C=Cc2ccccc2C(F)(F)F)cc1. The molecule has 0 unspecified atom stereocenters. The lowest BCUT2D eigenvalue weighted by atomic mass is 10.0. The van der Waals surface area contributed by atoms with Gasteiger partial charge in [-0.25, -0.2) is 0 Å². The van der Waals surface area contributed by atoms with Crippen LogP contribution in [0.1, 0.15) is 21.5 Å². The Kier molecular flexibility index (Phi) is 5.38. The molecule has 0 saturated carbocycles. The van der Waals surface area contributed by atoms with Crippen molar-refractivity contribution >= 4 is 11.9 Å². The molecule has 122 valence electrons. The van der Waals surface area contributed by atoms with Crippen molar-refractivity contribution in [3.8, 4) is 11.8 Å². The van der Waals surface area contributed by atoms with Crippen molar-refractivity contribution in [2.24, 2.45) is 0 Å². The highest BCUT2D eigenvalue weighted by Crippen LogP contribution is 2.32. The van der Waals surface area contributed by atoms with E-state index in [4.69, 9.17) is 10.00 Å². The first kappa shape index (κ1) is 17.3. The van der Waals surface area contributed by atoms with E-state index >= 15 is 0 Å². The second kappa shape index (κ2) is 7.47. The number of hydrogen-bond acceptors (Lipinski definition) is 3. The molecular formula is C18H12F3NO2. The number of benzene rings is 2. The van der Waals surface area contributed by atoms with E-state index in [1.165, 1.54) is 42.5 Å². The lowest BCUT2D eigenvalue weighted by molar-refractivity contribution is -0.137. The first-order valence-electron chi connectivity index (χ1n) is 6.90. The highest BCUT2D eigenvalue weighted by Gasteiger charge is 2.32. The summed E-state index contributed by atoms with van der Waals surface area (Å²) in [5.41, 5.74) is -0.568. The predicted octanol–water partition coefficient (Wildman–Crippen LogP) is 4.50. The van der Waals surface area contributed by atoms with Gasteiger partial charge in [0.2, 0.25) is 0 Å². The molecule has 0 heterocycles. The zero-order valence-corrected chi connectivity index (χ0v) is 12.4. The van der Waals surface area contributed by atoms with E-state index in [0.29, 0.717) is 11.3 Å². The van der Waals surface area contributed by atoms with Crippen molar-refractivity contribution in [1.29, 1.82) is 5.26 Å². The molecule has 2 aromatic rings. The summed E-state index contributed by atoms with van der Waals surface area (Å²) in [4.78, 5) is 12.0. The number of ether oxygens (including phenoxy) is 1. The highest BCUT2D eigenvalue weighted by atomic mass is 19.4. The monoisotopic (exact) mass is 331 g/mol. The normalized spacial score (nSPS) is 11.2. The van der Waals surface area contributed by atoms with E-state index in [1.54, 1.807) is 0 Å². The summed E-state index contributed by atoms with van der Waals surface area (Å²) in [5.74, 6) is -0.00157. The molecule has 6 heteroatoms. The van der Waals surface area contributed by atoms with E-state index in [0.717, 1.165) is 18.2 Å². The van der Waals surface area contributed by atoms with Crippen molar-refractivity contribution in [2.75, 3.05) is 6.61 Å². The van der Waals surface area contributed by atoms with Crippen LogP contribution in [0.3, 0.4) is 0 Å². The minimum absolute atomic E-state index is 0.0766. The summed E-state index contributed by atoms with van der Waals surface area (Å²) in [6.07, 6.45) is -2.25. The van der Waals surface area contributed by atoms with Gasteiger partial charge in [-0.2, -0.15) is 18.4 Å². The van der Waals surface area contributed by atoms with Gasteiger partial charge in [0, 0.05) is 5.56 Å². The summed E-state index contributed by atoms with van der Waals surface area (Å²) in [6.45, 7) is -0.110. The number of ketones is 1. The van der Waals surface area contributed by atoms with Gasteiger partial charge in [-0.15, -0.1) is 0 Å². The number of nitriles is 1.